The SMILES string of the molecule is CCC(C(=O)O)c1ccccc1.CCCC(=O)Oc1ccccc1. The van der Waals surface area contributed by atoms with E-state index < -0.39 is 5.97 Å². The number of esters is 1. The van der Waals surface area contributed by atoms with E-state index in [0.717, 1.165) is 12.0 Å². The number of hydrogen-bond acceptors (Lipinski definition) is 3. The summed E-state index contributed by atoms with van der Waals surface area (Å²) in [5.74, 6) is -0.644. The Bertz CT molecular complexity index is 606. The first-order valence-electron chi connectivity index (χ1n) is 8.11. The average molecular weight is 328 g/mol. The molecule has 24 heavy (non-hydrogen) atoms. The predicted molar refractivity (Wildman–Crippen MR) is 94.1 cm³/mol. The molecular weight excluding hydrogens is 304 g/mol. The molecule has 0 aliphatic rings. The van der Waals surface area contributed by atoms with Gasteiger partial charge in [0, 0.05) is 6.42 Å². The van der Waals surface area contributed by atoms with Crippen molar-refractivity contribution in [3.05, 3.63) is 66.2 Å². The molecule has 0 aromatic heterocycles. The molecule has 128 valence electrons. The average Bonchev–Trinajstić information content (AvgIpc) is 2.58. The van der Waals surface area contributed by atoms with Gasteiger partial charge in [-0.05, 0) is 30.5 Å². The summed E-state index contributed by atoms with van der Waals surface area (Å²) in [7, 11) is 0. The van der Waals surface area contributed by atoms with Crippen molar-refractivity contribution in [2.75, 3.05) is 0 Å². The second kappa shape index (κ2) is 11.0. The summed E-state index contributed by atoms with van der Waals surface area (Å²) in [6.45, 7) is 3.83. The van der Waals surface area contributed by atoms with Crippen molar-refractivity contribution in [3.8, 4) is 5.75 Å². The van der Waals surface area contributed by atoms with Crippen molar-refractivity contribution < 1.29 is 19.4 Å². The maximum atomic E-state index is 11.0. The highest BCUT2D eigenvalue weighted by molar-refractivity contribution is 5.75. The third kappa shape index (κ3) is 7.09. The molecule has 1 atom stereocenters. The van der Waals surface area contributed by atoms with Gasteiger partial charge >= 0.3 is 11.9 Å². The van der Waals surface area contributed by atoms with Crippen LogP contribution < -0.4 is 4.74 Å². The number of rotatable bonds is 6. The molecule has 1 unspecified atom stereocenters. The zero-order valence-corrected chi connectivity index (χ0v) is 14.1. The van der Waals surface area contributed by atoms with Gasteiger partial charge in [-0.2, -0.15) is 0 Å². The zero-order valence-electron chi connectivity index (χ0n) is 14.1. The number of ether oxygens (including phenoxy) is 1. The molecule has 1 N–H and O–H groups in total. The first-order chi connectivity index (χ1) is 11.6. The molecule has 0 fully saturated rings. The van der Waals surface area contributed by atoms with E-state index in [2.05, 4.69) is 0 Å². The molecular formula is C20H24O4. The van der Waals surface area contributed by atoms with Crippen molar-refractivity contribution in [2.45, 2.75) is 39.0 Å². The lowest BCUT2D eigenvalue weighted by molar-refractivity contribution is -0.139. The molecule has 2 rings (SSSR count). The normalized spacial score (nSPS) is 10.9. The first kappa shape index (κ1) is 19.4. The second-order valence-corrected chi connectivity index (χ2v) is 5.25. The fourth-order valence-electron chi connectivity index (χ4n) is 2.11. The number of aliphatic carboxylic acids is 1. The predicted octanol–water partition coefficient (Wildman–Crippen LogP) is 4.66. The van der Waals surface area contributed by atoms with Gasteiger partial charge in [0.1, 0.15) is 5.75 Å². The van der Waals surface area contributed by atoms with Crippen LogP contribution in [0.4, 0.5) is 0 Å². The van der Waals surface area contributed by atoms with Gasteiger partial charge in [0.05, 0.1) is 5.92 Å². The summed E-state index contributed by atoms with van der Waals surface area (Å²) in [6.07, 6.45) is 1.94. The van der Waals surface area contributed by atoms with E-state index in [-0.39, 0.29) is 11.9 Å². The highest BCUT2D eigenvalue weighted by Crippen LogP contribution is 2.18. The molecule has 0 amide bonds. The van der Waals surface area contributed by atoms with E-state index in [1.165, 1.54) is 0 Å². The van der Waals surface area contributed by atoms with E-state index in [4.69, 9.17) is 9.84 Å². The molecule has 0 radical (unpaired) electrons. The molecule has 4 nitrogen and oxygen atoms in total. The van der Waals surface area contributed by atoms with E-state index in [1.54, 1.807) is 12.1 Å². The van der Waals surface area contributed by atoms with Gasteiger partial charge in [-0.15, -0.1) is 0 Å². The quantitative estimate of drug-likeness (QED) is 0.619. The van der Waals surface area contributed by atoms with Crippen LogP contribution in [0.15, 0.2) is 60.7 Å². The van der Waals surface area contributed by atoms with Gasteiger partial charge < -0.3 is 9.84 Å². The van der Waals surface area contributed by atoms with E-state index >= 15 is 0 Å². The van der Waals surface area contributed by atoms with Crippen LogP contribution in [0.1, 0.15) is 44.6 Å². The number of para-hydroxylation sites is 1. The Morgan fingerprint density at radius 2 is 1.50 bits per heavy atom. The van der Waals surface area contributed by atoms with Crippen LogP contribution >= 0.6 is 0 Å². The minimum Gasteiger partial charge on any atom is -0.481 e. The van der Waals surface area contributed by atoms with Crippen LogP contribution in [0.3, 0.4) is 0 Å². The van der Waals surface area contributed by atoms with E-state index in [1.807, 2.05) is 62.4 Å². The van der Waals surface area contributed by atoms with Crippen LogP contribution in [-0.4, -0.2) is 17.0 Å². The standard InChI is InChI=1S/2C10H12O2/c1-2-9(10(11)12)8-6-4-3-5-7-8;1-2-6-10(11)12-9-7-4-3-5-8-9/h3-7,9H,2H2,1H3,(H,11,12);3-5,7-8H,2,6H2,1H3. The number of carboxylic acid groups (broad SMARTS) is 1. The van der Waals surface area contributed by atoms with Crippen LogP contribution in [0, 0.1) is 0 Å². The summed E-state index contributed by atoms with van der Waals surface area (Å²) < 4.78 is 5.02. The smallest absolute Gasteiger partial charge is 0.311 e. The molecule has 0 heterocycles. The minimum absolute atomic E-state index is 0.163. The van der Waals surface area contributed by atoms with E-state index in [0.29, 0.717) is 18.6 Å². The minimum atomic E-state index is -0.747. The third-order valence-electron chi connectivity index (χ3n) is 3.34. The monoisotopic (exact) mass is 328 g/mol. The van der Waals surface area contributed by atoms with Gasteiger partial charge in [-0.25, -0.2) is 0 Å². The number of carbonyl (C=O) groups is 2. The van der Waals surface area contributed by atoms with Crippen molar-refractivity contribution in [3.63, 3.8) is 0 Å². The highest BCUT2D eigenvalue weighted by Gasteiger charge is 2.16. The van der Waals surface area contributed by atoms with E-state index in [9.17, 15) is 9.59 Å². The molecule has 2 aromatic carbocycles. The summed E-state index contributed by atoms with van der Waals surface area (Å²) in [4.78, 5) is 21.7. The zero-order chi connectivity index (χ0) is 17.8. The van der Waals surface area contributed by atoms with Gasteiger partial charge in [-0.3, -0.25) is 9.59 Å². The Labute approximate surface area is 143 Å². The Morgan fingerprint density at radius 3 is 1.96 bits per heavy atom. The highest BCUT2D eigenvalue weighted by atomic mass is 16.5. The van der Waals surface area contributed by atoms with Crippen molar-refractivity contribution >= 4 is 11.9 Å². The number of hydrogen-bond donors (Lipinski definition) is 1. The lowest BCUT2D eigenvalue weighted by Crippen LogP contribution is -2.09. The summed E-state index contributed by atoms with van der Waals surface area (Å²) in [6, 6.07) is 18.4. The van der Waals surface area contributed by atoms with Crippen molar-refractivity contribution in [2.24, 2.45) is 0 Å². The fourth-order valence-corrected chi connectivity index (χ4v) is 2.11. The topological polar surface area (TPSA) is 63.6 Å². The molecule has 2 aromatic rings. The van der Waals surface area contributed by atoms with Crippen molar-refractivity contribution in [1.29, 1.82) is 0 Å². The third-order valence-corrected chi connectivity index (χ3v) is 3.34. The lowest BCUT2D eigenvalue weighted by atomic mass is 9.97. The Kier molecular flexibility index (Phi) is 8.90. The van der Waals surface area contributed by atoms with Gasteiger partial charge in [-0.1, -0.05) is 62.4 Å². The van der Waals surface area contributed by atoms with Gasteiger partial charge in [0.15, 0.2) is 0 Å². The number of carboxylic acids is 1. The van der Waals surface area contributed by atoms with Crippen LogP contribution in [-0.2, 0) is 9.59 Å². The van der Waals surface area contributed by atoms with Gasteiger partial charge in [0.25, 0.3) is 0 Å². The largest absolute Gasteiger partial charge is 0.481 e. The second-order valence-electron chi connectivity index (χ2n) is 5.25. The van der Waals surface area contributed by atoms with Crippen LogP contribution in [0.25, 0.3) is 0 Å². The first-order valence-corrected chi connectivity index (χ1v) is 8.11. The number of carbonyl (C=O) groups excluding carboxylic acids is 1. The molecule has 0 saturated carbocycles. The maximum absolute atomic E-state index is 11.0. The molecule has 0 aliphatic heterocycles. The summed E-state index contributed by atoms with van der Waals surface area (Å²) >= 11 is 0. The lowest BCUT2D eigenvalue weighted by Gasteiger charge is -2.08. The molecule has 4 heteroatoms. The number of benzene rings is 2. The molecule has 0 saturated heterocycles. The van der Waals surface area contributed by atoms with Gasteiger partial charge in [0.2, 0.25) is 0 Å². The Hall–Kier alpha value is -2.62. The Morgan fingerprint density at radius 1 is 0.958 bits per heavy atom. The molecule has 0 aliphatic carbocycles. The fraction of sp³-hybridized carbons (Fsp3) is 0.300. The van der Waals surface area contributed by atoms with Crippen molar-refractivity contribution in [1.82, 2.24) is 0 Å². The molecule has 0 bridgehead atoms. The maximum Gasteiger partial charge on any atom is 0.311 e. The summed E-state index contributed by atoms with van der Waals surface area (Å²) in [5, 5.41) is 8.83. The Balaban J connectivity index is 0.000000240. The van der Waals surface area contributed by atoms with Crippen LogP contribution in [0.2, 0.25) is 0 Å². The van der Waals surface area contributed by atoms with Crippen LogP contribution in [0.5, 0.6) is 5.75 Å². The molecule has 0 spiro atoms. The summed E-state index contributed by atoms with van der Waals surface area (Å²) in [5.41, 5.74) is 0.882.